The Morgan fingerprint density at radius 3 is 2.68 bits per heavy atom. The van der Waals surface area contributed by atoms with E-state index >= 15 is 0 Å². The summed E-state index contributed by atoms with van der Waals surface area (Å²) < 4.78 is 0. The highest BCUT2D eigenvalue weighted by molar-refractivity contribution is 6.11. The maximum absolute atomic E-state index is 13.0. The fraction of sp³-hybridized carbons (Fsp3) is 0.174. The molecule has 0 saturated heterocycles. The van der Waals surface area contributed by atoms with Gasteiger partial charge in [-0.15, -0.1) is 0 Å². The molecule has 3 aromatic rings. The Morgan fingerprint density at radius 2 is 1.89 bits per heavy atom. The number of nitrogens with zero attached hydrogens (tertiary/aromatic N) is 2. The first kappa shape index (κ1) is 17.9. The molecule has 28 heavy (non-hydrogen) atoms. The molecule has 5 heteroatoms. The molecule has 5 nitrogen and oxygen atoms in total. The van der Waals surface area contributed by atoms with Gasteiger partial charge in [0.05, 0.1) is 23.7 Å². The van der Waals surface area contributed by atoms with Gasteiger partial charge in [0.15, 0.2) is 0 Å². The lowest BCUT2D eigenvalue weighted by Crippen LogP contribution is -2.32. The summed E-state index contributed by atoms with van der Waals surface area (Å²) in [6, 6.07) is 20.6. The SMILES string of the molecule is Cc1cccc(CNC(=O)C[C@@H]2c3ncccc3C(=O)N2c2ccccc2)c1. The average Bonchev–Trinajstić information content (AvgIpc) is 2.99. The van der Waals surface area contributed by atoms with Crippen molar-refractivity contribution >= 4 is 17.5 Å². The average molecular weight is 371 g/mol. The van der Waals surface area contributed by atoms with Crippen LogP contribution in [-0.2, 0) is 11.3 Å². The van der Waals surface area contributed by atoms with E-state index in [0.29, 0.717) is 17.8 Å². The van der Waals surface area contributed by atoms with Gasteiger partial charge in [-0.3, -0.25) is 19.5 Å². The molecule has 0 aliphatic carbocycles. The minimum absolute atomic E-state index is 0.112. The van der Waals surface area contributed by atoms with E-state index in [4.69, 9.17) is 0 Å². The Morgan fingerprint density at radius 1 is 1.07 bits per heavy atom. The molecule has 0 unspecified atom stereocenters. The molecule has 2 aromatic carbocycles. The van der Waals surface area contributed by atoms with Crippen LogP contribution in [0.15, 0.2) is 72.9 Å². The van der Waals surface area contributed by atoms with Crippen LogP contribution in [0.1, 0.15) is 39.6 Å². The summed E-state index contributed by atoms with van der Waals surface area (Å²) in [4.78, 5) is 31.7. The fourth-order valence-electron chi connectivity index (χ4n) is 3.60. The third-order valence-corrected chi connectivity index (χ3v) is 4.90. The maximum Gasteiger partial charge on any atom is 0.260 e. The highest BCUT2D eigenvalue weighted by Crippen LogP contribution is 2.38. The molecule has 0 spiro atoms. The van der Waals surface area contributed by atoms with Crippen LogP contribution in [0.2, 0.25) is 0 Å². The number of fused-ring (bicyclic) bond motifs is 1. The lowest BCUT2D eigenvalue weighted by molar-refractivity contribution is -0.121. The molecule has 0 fully saturated rings. The second-order valence-corrected chi connectivity index (χ2v) is 6.93. The Balaban J connectivity index is 1.55. The van der Waals surface area contributed by atoms with E-state index in [0.717, 1.165) is 16.8 Å². The molecular formula is C23H21N3O2. The van der Waals surface area contributed by atoms with Gasteiger partial charge in [0.25, 0.3) is 5.91 Å². The van der Waals surface area contributed by atoms with Crippen LogP contribution in [0.25, 0.3) is 0 Å². The van der Waals surface area contributed by atoms with Crippen LogP contribution >= 0.6 is 0 Å². The van der Waals surface area contributed by atoms with Gasteiger partial charge in [-0.25, -0.2) is 0 Å². The molecule has 2 amide bonds. The van der Waals surface area contributed by atoms with Crippen molar-refractivity contribution in [2.45, 2.75) is 25.9 Å². The largest absolute Gasteiger partial charge is 0.352 e. The minimum atomic E-state index is -0.413. The van der Waals surface area contributed by atoms with Gasteiger partial charge in [0.1, 0.15) is 0 Å². The van der Waals surface area contributed by atoms with Crippen LogP contribution in [0.4, 0.5) is 5.69 Å². The second kappa shape index (κ2) is 7.64. The number of rotatable bonds is 5. The van der Waals surface area contributed by atoms with Crippen LogP contribution in [-0.4, -0.2) is 16.8 Å². The van der Waals surface area contributed by atoms with Crippen molar-refractivity contribution in [3.63, 3.8) is 0 Å². The van der Waals surface area contributed by atoms with Crippen LogP contribution in [0, 0.1) is 6.92 Å². The lowest BCUT2D eigenvalue weighted by atomic mass is 10.1. The van der Waals surface area contributed by atoms with Crippen molar-refractivity contribution in [1.82, 2.24) is 10.3 Å². The maximum atomic E-state index is 13.0. The standard InChI is InChI=1S/C23H21N3O2/c1-16-7-5-8-17(13-16)15-25-21(27)14-20-22-19(11-6-12-24-22)23(28)26(20)18-9-3-2-4-10-18/h2-13,20H,14-15H2,1H3,(H,25,27)/t20-/m1/s1. The highest BCUT2D eigenvalue weighted by Gasteiger charge is 2.39. The Hall–Kier alpha value is -3.47. The van der Waals surface area contributed by atoms with Gasteiger partial charge >= 0.3 is 0 Å². The van der Waals surface area contributed by atoms with E-state index in [1.165, 1.54) is 0 Å². The normalized spacial score (nSPS) is 15.4. The van der Waals surface area contributed by atoms with Crippen LogP contribution in [0.3, 0.4) is 0 Å². The van der Waals surface area contributed by atoms with Crippen molar-refractivity contribution in [3.05, 3.63) is 95.3 Å². The van der Waals surface area contributed by atoms with Gasteiger partial charge < -0.3 is 5.32 Å². The van der Waals surface area contributed by atoms with Gasteiger partial charge in [-0.1, -0.05) is 48.0 Å². The lowest BCUT2D eigenvalue weighted by Gasteiger charge is -2.24. The molecule has 0 radical (unpaired) electrons. The van der Waals surface area contributed by atoms with Crippen molar-refractivity contribution < 1.29 is 9.59 Å². The molecule has 1 N–H and O–H groups in total. The number of aromatic nitrogens is 1. The predicted molar refractivity (Wildman–Crippen MR) is 108 cm³/mol. The van der Waals surface area contributed by atoms with Gasteiger partial charge in [-0.2, -0.15) is 0 Å². The summed E-state index contributed by atoms with van der Waals surface area (Å²) in [5, 5.41) is 2.97. The first-order valence-electron chi connectivity index (χ1n) is 9.29. The monoisotopic (exact) mass is 371 g/mol. The molecule has 1 aliphatic heterocycles. The van der Waals surface area contributed by atoms with Crippen molar-refractivity contribution in [1.29, 1.82) is 0 Å². The van der Waals surface area contributed by atoms with Crippen molar-refractivity contribution in [2.75, 3.05) is 4.90 Å². The molecule has 0 bridgehead atoms. The molecule has 1 aliphatic rings. The van der Waals surface area contributed by atoms with E-state index in [2.05, 4.69) is 10.3 Å². The first-order valence-corrected chi connectivity index (χ1v) is 9.29. The molecule has 1 atom stereocenters. The topological polar surface area (TPSA) is 62.3 Å². The number of anilines is 1. The van der Waals surface area contributed by atoms with E-state index < -0.39 is 6.04 Å². The van der Waals surface area contributed by atoms with E-state index in [-0.39, 0.29) is 18.2 Å². The number of hydrogen-bond donors (Lipinski definition) is 1. The number of benzene rings is 2. The number of carbonyl (C=O) groups is 2. The minimum Gasteiger partial charge on any atom is -0.352 e. The molecule has 1 aromatic heterocycles. The van der Waals surface area contributed by atoms with Crippen molar-refractivity contribution in [2.24, 2.45) is 0 Å². The van der Waals surface area contributed by atoms with E-state index in [1.54, 1.807) is 23.2 Å². The number of para-hydroxylation sites is 1. The molecule has 0 saturated carbocycles. The summed E-state index contributed by atoms with van der Waals surface area (Å²) in [5.41, 5.74) is 4.18. The zero-order valence-corrected chi connectivity index (χ0v) is 15.6. The fourth-order valence-corrected chi connectivity index (χ4v) is 3.60. The number of pyridine rings is 1. The molecule has 4 rings (SSSR count). The summed E-state index contributed by atoms with van der Waals surface area (Å²) in [5.74, 6) is -0.232. The smallest absolute Gasteiger partial charge is 0.260 e. The van der Waals surface area contributed by atoms with Gasteiger partial charge in [0, 0.05) is 18.4 Å². The van der Waals surface area contributed by atoms with E-state index in [9.17, 15) is 9.59 Å². The molecule has 2 heterocycles. The number of carbonyl (C=O) groups excluding carboxylic acids is 2. The van der Waals surface area contributed by atoms with E-state index in [1.807, 2.05) is 61.5 Å². The zero-order valence-electron chi connectivity index (χ0n) is 15.6. The first-order chi connectivity index (χ1) is 13.6. The third-order valence-electron chi connectivity index (χ3n) is 4.90. The third kappa shape index (κ3) is 3.51. The number of aryl methyl sites for hydroxylation is 1. The highest BCUT2D eigenvalue weighted by atomic mass is 16.2. The quantitative estimate of drug-likeness (QED) is 0.742. The predicted octanol–water partition coefficient (Wildman–Crippen LogP) is 3.80. The van der Waals surface area contributed by atoms with Gasteiger partial charge in [-0.05, 0) is 36.8 Å². The Kier molecular flexibility index (Phi) is 4.89. The Bertz CT molecular complexity index is 1020. The van der Waals surface area contributed by atoms with Crippen LogP contribution in [0.5, 0.6) is 0 Å². The van der Waals surface area contributed by atoms with Crippen molar-refractivity contribution in [3.8, 4) is 0 Å². The summed E-state index contributed by atoms with van der Waals surface area (Å²) in [7, 11) is 0. The zero-order chi connectivity index (χ0) is 19.5. The number of hydrogen-bond acceptors (Lipinski definition) is 3. The summed E-state index contributed by atoms with van der Waals surface area (Å²) in [6.07, 6.45) is 1.83. The van der Waals surface area contributed by atoms with Gasteiger partial charge in [0.2, 0.25) is 5.91 Å². The molecular weight excluding hydrogens is 350 g/mol. The summed E-state index contributed by atoms with van der Waals surface area (Å²) >= 11 is 0. The Labute approximate surface area is 164 Å². The second-order valence-electron chi connectivity index (χ2n) is 6.93. The number of nitrogens with one attached hydrogen (secondary N) is 1. The van der Waals surface area contributed by atoms with Crippen LogP contribution < -0.4 is 10.2 Å². The number of amides is 2. The summed E-state index contributed by atoms with van der Waals surface area (Å²) in [6.45, 7) is 2.48. The molecule has 140 valence electrons.